The Kier molecular flexibility index (Phi) is 6.36. The SMILES string of the molecule is COc1ccc(-n2c(SCCCC(=O)N3CCOCC3)nc3ccccc32)cc1. The summed E-state index contributed by atoms with van der Waals surface area (Å²) >= 11 is 1.69. The Labute approximate surface area is 174 Å². The molecule has 7 heteroatoms. The fraction of sp³-hybridized carbons (Fsp3) is 0.364. The average molecular weight is 412 g/mol. The maximum atomic E-state index is 12.3. The molecule has 0 radical (unpaired) electrons. The highest BCUT2D eigenvalue weighted by atomic mass is 32.2. The van der Waals surface area contributed by atoms with Gasteiger partial charge in [0.2, 0.25) is 5.91 Å². The summed E-state index contributed by atoms with van der Waals surface area (Å²) in [5, 5.41) is 0.940. The summed E-state index contributed by atoms with van der Waals surface area (Å²) < 4.78 is 12.8. The fourth-order valence-electron chi connectivity index (χ4n) is 3.44. The van der Waals surface area contributed by atoms with Crippen LogP contribution in [0.15, 0.2) is 53.7 Å². The van der Waals surface area contributed by atoms with Crippen molar-refractivity contribution < 1.29 is 14.3 Å². The van der Waals surface area contributed by atoms with E-state index in [1.54, 1.807) is 18.9 Å². The maximum Gasteiger partial charge on any atom is 0.222 e. The van der Waals surface area contributed by atoms with E-state index in [0.29, 0.717) is 32.7 Å². The van der Waals surface area contributed by atoms with Crippen LogP contribution < -0.4 is 4.74 Å². The van der Waals surface area contributed by atoms with Crippen molar-refractivity contribution in [2.75, 3.05) is 39.2 Å². The third-order valence-corrected chi connectivity index (χ3v) is 6.02. The van der Waals surface area contributed by atoms with E-state index in [1.807, 2.05) is 47.4 Å². The summed E-state index contributed by atoms with van der Waals surface area (Å²) in [6.07, 6.45) is 1.39. The Morgan fingerprint density at radius 2 is 1.90 bits per heavy atom. The van der Waals surface area contributed by atoms with Crippen molar-refractivity contribution in [3.63, 3.8) is 0 Å². The summed E-state index contributed by atoms with van der Waals surface area (Å²) in [6.45, 7) is 2.71. The molecule has 3 aromatic rings. The van der Waals surface area contributed by atoms with Crippen LogP contribution in [0.25, 0.3) is 16.7 Å². The minimum Gasteiger partial charge on any atom is -0.497 e. The minimum atomic E-state index is 0.220. The van der Waals surface area contributed by atoms with Crippen LogP contribution in [-0.4, -0.2) is 59.5 Å². The van der Waals surface area contributed by atoms with Gasteiger partial charge in [-0.2, -0.15) is 0 Å². The summed E-state index contributed by atoms with van der Waals surface area (Å²) in [4.78, 5) is 19.1. The van der Waals surface area contributed by atoms with Gasteiger partial charge in [-0.3, -0.25) is 9.36 Å². The lowest BCUT2D eigenvalue weighted by molar-refractivity contribution is -0.135. The lowest BCUT2D eigenvalue weighted by Gasteiger charge is -2.26. The van der Waals surface area contributed by atoms with Gasteiger partial charge in [0.05, 0.1) is 31.4 Å². The van der Waals surface area contributed by atoms with E-state index < -0.39 is 0 Å². The molecule has 152 valence electrons. The van der Waals surface area contributed by atoms with Gasteiger partial charge in [0.15, 0.2) is 5.16 Å². The highest BCUT2D eigenvalue weighted by molar-refractivity contribution is 7.99. The maximum absolute atomic E-state index is 12.3. The molecule has 2 aromatic carbocycles. The van der Waals surface area contributed by atoms with E-state index in [2.05, 4.69) is 10.6 Å². The Morgan fingerprint density at radius 3 is 2.66 bits per heavy atom. The van der Waals surface area contributed by atoms with E-state index >= 15 is 0 Å². The van der Waals surface area contributed by atoms with Crippen LogP contribution in [-0.2, 0) is 9.53 Å². The molecule has 29 heavy (non-hydrogen) atoms. The molecular formula is C22H25N3O3S. The molecule has 1 amide bonds. The number of ether oxygens (including phenoxy) is 2. The van der Waals surface area contributed by atoms with Gasteiger partial charge in [-0.15, -0.1) is 0 Å². The summed E-state index contributed by atoms with van der Waals surface area (Å²) in [5.74, 6) is 1.89. The number of nitrogens with zero attached hydrogens (tertiary/aromatic N) is 3. The van der Waals surface area contributed by atoms with Gasteiger partial charge >= 0.3 is 0 Å². The van der Waals surface area contributed by atoms with E-state index in [9.17, 15) is 4.79 Å². The second kappa shape index (κ2) is 9.33. The summed E-state index contributed by atoms with van der Waals surface area (Å²) in [6, 6.07) is 16.1. The smallest absolute Gasteiger partial charge is 0.222 e. The van der Waals surface area contributed by atoms with Crippen molar-refractivity contribution in [3.05, 3.63) is 48.5 Å². The number of hydrogen-bond donors (Lipinski definition) is 0. The lowest BCUT2D eigenvalue weighted by Crippen LogP contribution is -2.40. The molecule has 0 unspecified atom stereocenters. The number of thioether (sulfide) groups is 1. The van der Waals surface area contributed by atoms with Crippen LogP contribution in [0, 0.1) is 0 Å². The number of fused-ring (bicyclic) bond motifs is 1. The number of morpholine rings is 1. The van der Waals surface area contributed by atoms with E-state index in [-0.39, 0.29) is 5.91 Å². The van der Waals surface area contributed by atoms with Crippen molar-refractivity contribution >= 4 is 28.7 Å². The molecule has 1 aliphatic rings. The number of rotatable bonds is 7. The molecule has 0 bridgehead atoms. The van der Waals surface area contributed by atoms with Gasteiger partial charge in [-0.1, -0.05) is 23.9 Å². The normalized spacial score (nSPS) is 14.3. The van der Waals surface area contributed by atoms with Gasteiger partial charge in [0.25, 0.3) is 0 Å². The zero-order valence-corrected chi connectivity index (χ0v) is 17.4. The van der Waals surface area contributed by atoms with Crippen molar-refractivity contribution in [2.45, 2.75) is 18.0 Å². The monoisotopic (exact) mass is 411 g/mol. The highest BCUT2D eigenvalue weighted by Gasteiger charge is 2.17. The third-order valence-electron chi connectivity index (χ3n) is 4.99. The van der Waals surface area contributed by atoms with Crippen molar-refractivity contribution in [2.24, 2.45) is 0 Å². The van der Waals surface area contributed by atoms with Crippen molar-refractivity contribution in [1.29, 1.82) is 0 Å². The largest absolute Gasteiger partial charge is 0.497 e. The topological polar surface area (TPSA) is 56.6 Å². The number of aromatic nitrogens is 2. The third kappa shape index (κ3) is 4.57. The number of imidazole rings is 1. The summed E-state index contributed by atoms with van der Waals surface area (Å²) in [7, 11) is 1.67. The number of carbonyl (C=O) groups is 1. The first-order valence-electron chi connectivity index (χ1n) is 9.86. The molecule has 0 aliphatic carbocycles. The molecule has 0 atom stereocenters. The zero-order chi connectivity index (χ0) is 20.1. The zero-order valence-electron chi connectivity index (χ0n) is 16.5. The van der Waals surface area contributed by atoms with Gasteiger partial charge < -0.3 is 14.4 Å². The van der Waals surface area contributed by atoms with Gasteiger partial charge in [0.1, 0.15) is 5.75 Å². The number of amides is 1. The van der Waals surface area contributed by atoms with E-state index in [1.165, 1.54) is 0 Å². The van der Waals surface area contributed by atoms with Gasteiger partial charge in [-0.05, 0) is 42.8 Å². The molecule has 0 saturated carbocycles. The number of hydrogen-bond acceptors (Lipinski definition) is 5. The lowest BCUT2D eigenvalue weighted by atomic mass is 10.2. The summed E-state index contributed by atoms with van der Waals surface area (Å²) in [5.41, 5.74) is 3.09. The quantitative estimate of drug-likeness (QED) is 0.438. The molecule has 1 aliphatic heterocycles. The standard InChI is InChI=1S/C22H25N3O3S/c1-27-18-10-8-17(9-11-18)25-20-6-3-2-5-19(20)23-22(25)29-16-4-7-21(26)24-12-14-28-15-13-24/h2-3,5-6,8-11H,4,7,12-16H2,1H3. The number of carbonyl (C=O) groups excluding carboxylic acids is 1. The number of methoxy groups -OCH3 is 1. The number of para-hydroxylation sites is 2. The molecule has 1 aromatic heterocycles. The minimum absolute atomic E-state index is 0.220. The predicted octanol–water partition coefficient (Wildman–Crippen LogP) is 3.77. The Balaban J connectivity index is 1.46. The molecule has 0 spiro atoms. The van der Waals surface area contributed by atoms with Crippen molar-refractivity contribution in [3.8, 4) is 11.4 Å². The predicted molar refractivity (Wildman–Crippen MR) is 115 cm³/mol. The molecule has 0 N–H and O–H groups in total. The molecule has 2 heterocycles. The van der Waals surface area contributed by atoms with Crippen LogP contribution in [0.1, 0.15) is 12.8 Å². The molecule has 6 nitrogen and oxygen atoms in total. The Hall–Kier alpha value is -2.51. The van der Waals surface area contributed by atoms with Crippen LogP contribution >= 0.6 is 11.8 Å². The second-order valence-corrected chi connectivity index (χ2v) is 7.92. The van der Waals surface area contributed by atoms with Crippen LogP contribution in [0.5, 0.6) is 5.75 Å². The van der Waals surface area contributed by atoms with Gasteiger partial charge in [0, 0.05) is 31.0 Å². The van der Waals surface area contributed by atoms with E-state index in [4.69, 9.17) is 14.5 Å². The Bertz CT molecular complexity index is 965. The molecule has 1 saturated heterocycles. The molecular weight excluding hydrogens is 386 g/mol. The van der Waals surface area contributed by atoms with Crippen LogP contribution in [0.2, 0.25) is 0 Å². The first-order chi connectivity index (χ1) is 14.3. The second-order valence-electron chi connectivity index (χ2n) is 6.86. The van der Waals surface area contributed by atoms with Crippen LogP contribution in [0.3, 0.4) is 0 Å². The number of benzene rings is 2. The fourth-order valence-corrected chi connectivity index (χ4v) is 4.41. The van der Waals surface area contributed by atoms with Gasteiger partial charge in [-0.25, -0.2) is 4.98 Å². The van der Waals surface area contributed by atoms with Crippen LogP contribution in [0.4, 0.5) is 0 Å². The average Bonchev–Trinajstić information content (AvgIpc) is 3.15. The molecule has 4 rings (SSSR count). The van der Waals surface area contributed by atoms with Crippen molar-refractivity contribution in [1.82, 2.24) is 14.5 Å². The highest BCUT2D eigenvalue weighted by Crippen LogP contribution is 2.29. The Morgan fingerprint density at radius 1 is 1.14 bits per heavy atom. The first-order valence-corrected chi connectivity index (χ1v) is 10.8. The molecule has 1 fully saturated rings. The first kappa shape index (κ1) is 19.8. The van der Waals surface area contributed by atoms with E-state index in [0.717, 1.165) is 39.8 Å².